The molecule has 2 fully saturated rings. The summed E-state index contributed by atoms with van der Waals surface area (Å²) in [6, 6.07) is 2.15. The Labute approximate surface area is 147 Å². The molecule has 0 amide bonds. The van der Waals surface area contributed by atoms with Crippen LogP contribution in [0.5, 0.6) is 0 Å². The average molecular weight is 336 g/mol. The fourth-order valence-corrected chi connectivity index (χ4v) is 4.50. The van der Waals surface area contributed by atoms with Crippen molar-refractivity contribution in [3.63, 3.8) is 0 Å². The molecule has 3 aromatic heterocycles. The number of aromatic nitrogens is 4. The summed E-state index contributed by atoms with van der Waals surface area (Å²) in [4.78, 5) is 18.3. The summed E-state index contributed by atoms with van der Waals surface area (Å²) in [7, 11) is 0. The van der Waals surface area contributed by atoms with E-state index in [0.717, 1.165) is 42.4 Å². The molecule has 2 aliphatic heterocycles. The summed E-state index contributed by atoms with van der Waals surface area (Å²) in [5.41, 5.74) is 4.66. The predicted molar refractivity (Wildman–Crippen MR) is 99.8 cm³/mol. The molecule has 6 heteroatoms. The Morgan fingerprint density at radius 1 is 1.20 bits per heavy atom. The second-order valence-corrected chi connectivity index (χ2v) is 7.51. The van der Waals surface area contributed by atoms with E-state index >= 15 is 0 Å². The standard InChI is InChI=1S/C19H24N6/c1-13-10-21-17(24-13)14-11-22-18-16(14)15(4-8-20-18)25-9-6-19(12-25)5-2-3-7-23-19/h4,8,10-11,23H,2-3,5-7,9,12H2,1H3,(H,20,22)(H,21,24). The van der Waals surface area contributed by atoms with Gasteiger partial charge in [0, 0.05) is 48.5 Å². The van der Waals surface area contributed by atoms with Crippen LogP contribution in [0.4, 0.5) is 5.69 Å². The second-order valence-electron chi connectivity index (χ2n) is 7.51. The SMILES string of the molecule is Cc1cnc(-c2c[nH]c3nccc(N4CCC5(CCCCN5)C4)c23)[nH]1. The zero-order valence-electron chi connectivity index (χ0n) is 14.6. The molecule has 3 N–H and O–H groups in total. The van der Waals surface area contributed by atoms with Crippen LogP contribution in [0, 0.1) is 6.92 Å². The second kappa shape index (κ2) is 5.59. The van der Waals surface area contributed by atoms with Crippen molar-refractivity contribution < 1.29 is 0 Å². The Morgan fingerprint density at radius 3 is 2.96 bits per heavy atom. The Bertz CT molecular complexity index is 902. The van der Waals surface area contributed by atoms with Crippen LogP contribution in [0.3, 0.4) is 0 Å². The molecule has 3 aromatic rings. The molecule has 5 rings (SSSR count). The van der Waals surface area contributed by atoms with Crippen molar-refractivity contribution in [1.29, 1.82) is 0 Å². The Balaban J connectivity index is 1.56. The molecule has 130 valence electrons. The average Bonchev–Trinajstić information content (AvgIpc) is 3.34. The highest BCUT2D eigenvalue weighted by atomic mass is 15.2. The third kappa shape index (κ3) is 2.43. The molecule has 2 saturated heterocycles. The molecule has 0 aromatic carbocycles. The van der Waals surface area contributed by atoms with Gasteiger partial charge in [-0.15, -0.1) is 0 Å². The van der Waals surface area contributed by atoms with E-state index in [9.17, 15) is 0 Å². The first-order chi connectivity index (χ1) is 12.2. The van der Waals surface area contributed by atoms with Crippen LogP contribution in [0.2, 0.25) is 0 Å². The molecule has 1 atom stereocenters. The molecule has 25 heavy (non-hydrogen) atoms. The van der Waals surface area contributed by atoms with E-state index in [1.807, 2.05) is 25.5 Å². The minimum absolute atomic E-state index is 0.297. The van der Waals surface area contributed by atoms with Crippen molar-refractivity contribution in [2.24, 2.45) is 0 Å². The number of rotatable bonds is 2. The van der Waals surface area contributed by atoms with Crippen LogP contribution in [-0.2, 0) is 0 Å². The molecule has 6 nitrogen and oxygen atoms in total. The molecule has 0 bridgehead atoms. The number of imidazole rings is 1. The van der Waals surface area contributed by atoms with Crippen molar-refractivity contribution in [2.45, 2.75) is 38.1 Å². The highest BCUT2D eigenvalue weighted by molar-refractivity contribution is 6.01. The maximum Gasteiger partial charge on any atom is 0.140 e. The normalized spacial score (nSPS) is 23.8. The van der Waals surface area contributed by atoms with Gasteiger partial charge in [0.15, 0.2) is 0 Å². The van der Waals surface area contributed by atoms with E-state index in [1.54, 1.807) is 0 Å². The van der Waals surface area contributed by atoms with Gasteiger partial charge in [0.1, 0.15) is 11.5 Å². The van der Waals surface area contributed by atoms with Crippen molar-refractivity contribution in [3.05, 3.63) is 30.4 Å². The van der Waals surface area contributed by atoms with Gasteiger partial charge in [-0.2, -0.15) is 0 Å². The summed E-state index contributed by atoms with van der Waals surface area (Å²) in [6.07, 6.45) is 11.0. The molecule has 1 unspecified atom stereocenters. The smallest absolute Gasteiger partial charge is 0.140 e. The van der Waals surface area contributed by atoms with Crippen LogP contribution >= 0.6 is 0 Å². The molecular weight excluding hydrogens is 312 g/mol. The van der Waals surface area contributed by atoms with Crippen LogP contribution < -0.4 is 10.2 Å². The van der Waals surface area contributed by atoms with Gasteiger partial charge >= 0.3 is 0 Å². The van der Waals surface area contributed by atoms with Crippen molar-refractivity contribution in [1.82, 2.24) is 25.3 Å². The lowest BCUT2D eigenvalue weighted by Gasteiger charge is -2.35. The van der Waals surface area contributed by atoms with Crippen molar-refractivity contribution in [2.75, 3.05) is 24.5 Å². The topological polar surface area (TPSA) is 72.6 Å². The van der Waals surface area contributed by atoms with E-state index in [1.165, 1.54) is 36.8 Å². The van der Waals surface area contributed by atoms with Gasteiger partial charge in [0.25, 0.3) is 0 Å². The van der Waals surface area contributed by atoms with E-state index in [-0.39, 0.29) is 0 Å². The molecule has 0 radical (unpaired) electrons. The number of H-pyrrole nitrogens is 2. The third-order valence-corrected chi connectivity index (χ3v) is 5.79. The maximum atomic E-state index is 4.53. The lowest BCUT2D eigenvalue weighted by atomic mass is 9.88. The molecule has 1 spiro atoms. The monoisotopic (exact) mass is 336 g/mol. The van der Waals surface area contributed by atoms with Gasteiger partial charge in [0.2, 0.25) is 0 Å². The summed E-state index contributed by atoms with van der Waals surface area (Å²) >= 11 is 0. The number of piperidine rings is 1. The number of nitrogens with one attached hydrogen (secondary N) is 3. The number of fused-ring (bicyclic) bond motifs is 1. The first kappa shape index (κ1) is 15.0. The van der Waals surface area contributed by atoms with Crippen LogP contribution in [-0.4, -0.2) is 45.1 Å². The fraction of sp³-hybridized carbons (Fsp3) is 0.474. The Kier molecular flexibility index (Phi) is 3.35. The van der Waals surface area contributed by atoms with E-state index in [4.69, 9.17) is 0 Å². The van der Waals surface area contributed by atoms with Gasteiger partial charge in [-0.05, 0) is 38.8 Å². The quantitative estimate of drug-likeness (QED) is 0.673. The summed E-state index contributed by atoms with van der Waals surface area (Å²) in [6.45, 7) is 5.35. The predicted octanol–water partition coefficient (Wildman–Crippen LogP) is 2.98. The molecule has 2 aliphatic rings. The van der Waals surface area contributed by atoms with Crippen molar-refractivity contribution in [3.8, 4) is 11.4 Å². The van der Waals surface area contributed by atoms with Gasteiger partial charge in [-0.1, -0.05) is 6.42 Å². The number of aryl methyl sites for hydroxylation is 1. The number of nitrogens with zero attached hydrogens (tertiary/aromatic N) is 3. The zero-order chi connectivity index (χ0) is 16.9. The van der Waals surface area contributed by atoms with Crippen LogP contribution in [0.25, 0.3) is 22.4 Å². The molecule has 5 heterocycles. The Morgan fingerprint density at radius 2 is 2.16 bits per heavy atom. The highest BCUT2D eigenvalue weighted by Gasteiger charge is 2.39. The summed E-state index contributed by atoms with van der Waals surface area (Å²) in [5, 5.41) is 4.97. The summed E-state index contributed by atoms with van der Waals surface area (Å²) in [5.74, 6) is 0.905. The first-order valence-electron chi connectivity index (χ1n) is 9.22. The molecular formula is C19H24N6. The lowest BCUT2D eigenvalue weighted by Crippen LogP contribution is -2.50. The number of hydrogen-bond acceptors (Lipinski definition) is 4. The number of hydrogen-bond donors (Lipinski definition) is 3. The van der Waals surface area contributed by atoms with Crippen LogP contribution in [0.1, 0.15) is 31.4 Å². The largest absolute Gasteiger partial charge is 0.369 e. The van der Waals surface area contributed by atoms with E-state index in [0.29, 0.717) is 5.54 Å². The minimum atomic E-state index is 0.297. The van der Waals surface area contributed by atoms with Gasteiger partial charge < -0.3 is 20.2 Å². The number of anilines is 1. The minimum Gasteiger partial charge on any atom is -0.369 e. The summed E-state index contributed by atoms with van der Waals surface area (Å²) < 4.78 is 0. The van der Waals surface area contributed by atoms with Crippen molar-refractivity contribution >= 4 is 16.7 Å². The van der Waals surface area contributed by atoms with Gasteiger partial charge in [-0.25, -0.2) is 9.97 Å². The lowest BCUT2D eigenvalue weighted by molar-refractivity contribution is 0.280. The zero-order valence-corrected chi connectivity index (χ0v) is 14.6. The number of aromatic amines is 2. The van der Waals surface area contributed by atoms with Gasteiger partial charge in [0.05, 0.1) is 11.1 Å². The fourth-order valence-electron chi connectivity index (χ4n) is 4.50. The maximum absolute atomic E-state index is 4.53. The van der Waals surface area contributed by atoms with Gasteiger partial charge in [-0.3, -0.25) is 0 Å². The first-order valence-corrected chi connectivity index (χ1v) is 9.22. The molecule has 0 saturated carbocycles. The van der Waals surface area contributed by atoms with E-state index < -0.39 is 0 Å². The van der Waals surface area contributed by atoms with E-state index in [2.05, 4.69) is 36.2 Å². The Hall–Kier alpha value is -2.34. The highest BCUT2D eigenvalue weighted by Crippen LogP contribution is 2.38. The van der Waals surface area contributed by atoms with Crippen LogP contribution in [0.15, 0.2) is 24.7 Å². The molecule has 0 aliphatic carbocycles. The third-order valence-electron chi connectivity index (χ3n) is 5.79. The number of pyridine rings is 1.